The molecule has 0 aliphatic carbocycles. The van der Waals surface area contributed by atoms with Gasteiger partial charge in [-0.1, -0.05) is 0 Å². The molecular formula is C11H20O10. The third kappa shape index (κ3) is 3.35. The Balaban J connectivity index is 1.88. The van der Waals surface area contributed by atoms with Crippen molar-refractivity contribution in [2.45, 2.75) is 55.3 Å². The molecule has 2 fully saturated rings. The van der Waals surface area contributed by atoms with Crippen LogP contribution in [-0.2, 0) is 14.2 Å². The van der Waals surface area contributed by atoms with Gasteiger partial charge in [0.1, 0.15) is 42.7 Å². The van der Waals surface area contributed by atoms with Crippen molar-refractivity contribution in [2.24, 2.45) is 0 Å². The van der Waals surface area contributed by atoms with E-state index in [-0.39, 0.29) is 6.61 Å². The topological polar surface area (TPSA) is 169 Å². The lowest BCUT2D eigenvalue weighted by Gasteiger charge is -2.38. The summed E-state index contributed by atoms with van der Waals surface area (Å²) < 4.78 is 15.1. The first-order valence-electron chi connectivity index (χ1n) is 6.48. The first-order valence-corrected chi connectivity index (χ1v) is 6.48. The summed E-state index contributed by atoms with van der Waals surface area (Å²) in [6.45, 7) is -0.890. The van der Waals surface area contributed by atoms with Crippen LogP contribution in [0.5, 0.6) is 0 Å². The summed E-state index contributed by atoms with van der Waals surface area (Å²) in [4.78, 5) is 0. The Morgan fingerprint density at radius 1 is 0.714 bits per heavy atom. The number of aliphatic hydroxyl groups is 7. The molecule has 2 saturated heterocycles. The predicted molar refractivity (Wildman–Crippen MR) is 62.6 cm³/mol. The standard InChI is InChI=1S/C11H20O10/c12-1-3-5(13)9(17)11(21-3)19-2-4-6(14)7(15)8(16)10(18)20-4/h3-18H,1-2H2/t3-,4+,5-,6+,7-,8+,9+,10+,11+/m0/s1. The molecule has 0 spiro atoms. The van der Waals surface area contributed by atoms with Crippen LogP contribution in [0.4, 0.5) is 0 Å². The second kappa shape index (κ2) is 6.79. The fourth-order valence-corrected chi connectivity index (χ4v) is 2.26. The number of hydrogen-bond acceptors (Lipinski definition) is 10. The molecule has 0 aromatic rings. The van der Waals surface area contributed by atoms with Gasteiger partial charge in [-0.3, -0.25) is 0 Å². The minimum Gasteiger partial charge on any atom is -0.394 e. The molecule has 0 bridgehead atoms. The molecule has 10 heteroatoms. The van der Waals surface area contributed by atoms with E-state index >= 15 is 0 Å². The van der Waals surface area contributed by atoms with Crippen LogP contribution < -0.4 is 0 Å². The fraction of sp³-hybridized carbons (Fsp3) is 1.00. The zero-order valence-electron chi connectivity index (χ0n) is 11.0. The lowest BCUT2D eigenvalue weighted by molar-refractivity contribution is -0.297. The van der Waals surface area contributed by atoms with Gasteiger partial charge in [-0.25, -0.2) is 0 Å². The Morgan fingerprint density at radius 2 is 1.33 bits per heavy atom. The van der Waals surface area contributed by atoms with Crippen molar-refractivity contribution in [3.8, 4) is 0 Å². The first-order chi connectivity index (χ1) is 9.86. The van der Waals surface area contributed by atoms with Crippen molar-refractivity contribution in [3.05, 3.63) is 0 Å². The Hall–Kier alpha value is -0.400. The van der Waals surface area contributed by atoms with E-state index in [2.05, 4.69) is 0 Å². The number of rotatable bonds is 4. The quantitative estimate of drug-likeness (QED) is 0.267. The summed E-state index contributed by atoms with van der Waals surface area (Å²) in [6.07, 6.45) is -12.6. The molecule has 0 radical (unpaired) electrons. The summed E-state index contributed by atoms with van der Waals surface area (Å²) in [6, 6.07) is 0. The highest BCUT2D eigenvalue weighted by molar-refractivity contribution is 4.90. The first kappa shape index (κ1) is 17.0. The van der Waals surface area contributed by atoms with Crippen LogP contribution >= 0.6 is 0 Å². The predicted octanol–water partition coefficient (Wildman–Crippen LogP) is -4.76. The molecule has 0 aromatic heterocycles. The van der Waals surface area contributed by atoms with Crippen molar-refractivity contribution in [2.75, 3.05) is 13.2 Å². The Labute approximate surface area is 119 Å². The van der Waals surface area contributed by atoms with Crippen LogP contribution in [0.2, 0.25) is 0 Å². The molecule has 2 aliphatic heterocycles. The van der Waals surface area contributed by atoms with Crippen LogP contribution in [-0.4, -0.2) is 104 Å². The smallest absolute Gasteiger partial charge is 0.186 e. The molecule has 9 atom stereocenters. The Kier molecular flexibility index (Phi) is 5.48. The van der Waals surface area contributed by atoms with Gasteiger partial charge in [-0.2, -0.15) is 0 Å². The largest absolute Gasteiger partial charge is 0.394 e. The van der Waals surface area contributed by atoms with E-state index in [0.717, 1.165) is 0 Å². The van der Waals surface area contributed by atoms with E-state index < -0.39 is 61.9 Å². The average Bonchev–Trinajstić information content (AvgIpc) is 2.75. The second-order valence-electron chi connectivity index (χ2n) is 5.08. The van der Waals surface area contributed by atoms with Crippen LogP contribution in [0.3, 0.4) is 0 Å². The highest BCUT2D eigenvalue weighted by atomic mass is 16.7. The average molecular weight is 312 g/mol. The van der Waals surface area contributed by atoms with Crippen molar-refractivity contribution in [3.63, 3.8) is 0 Å². The van der Waals surface area contributed by atoms with Crippen LogP contribution in [0.25, 0.3) is 0 Å². The summed E-state index contributed by atoms with van der Waals surface area (Å²) in [5, 5.41) is 66.0. The fourth-order valence-electron chi connectivity index (χ4n) is 2.26. The molecule has 0 unspecified atom stereocenters. The summed E-state index contributed by atoms with van der Waals surface area (Å²) in [7, 11) is 0. The summed E-state index contributed by atoms with van der Waals surface area (Å²) in [5.74, 6) is 0. The van der Waals surface area contributed by atoms with E-state index in [1.54, 1.807) is 0 Å². The molecule has 124 valence electrons. The van der Waals surface area contributed by atoms with Gasteiger partial charge in [-0.05, 0) is 0 Å². The lowest BCUT2D eigenvalue weighted by atomic mass is 9.99. The molecule has 7 N–H and O–H groups in total. The molecule has 21 heavy (non-hydrogen) atoms. The van der Waals surface area contributed by atoms with Crippen LogP contribution in [0, 0.1) is 0 Å². The van der Waals surface area contributed by atoms with Gasteiger partial charge >= 0.3 is 0 Å². The number of aliphatic hydroxyl groups excluding tert-OH is 7. The van der Waals surface area contributed by atoms with Gasteiger partial charge in [-0.15, -0.1) is 0 Å². The summed E-state index contributed by atoms with van der Waals surface area (Å²) in [5.41, 5.74) is 0. The Morgan fingerprint density at radius 3 is 1.90 bits per heavy atom. The van der Waals surface area contributed by atoms with E-state index in [9.17, 15) is 30.6 Å². The van der Waals surface area contributed by atoms with Crippen molar-refractivity contribution in [1.29, 1.82) is 0 Å². The van der Waals surface area contributed by atoms with E-state index in [4.69, 9.17) is 19.3 Å². The van der Waals surface area contributed by atoms with Crippen molar-refractivity contribution < 1.29 is 50.0 Å². The van der Waals surface area contributed by atoms with Crippen molar-refractivity contribution in [1.82, 2.24) is 0 Å². The minimum atomic E-state index is -1.69. The Bertz CT molecular complexity index is 341. The molecule has 0 saturated carbocycles. The maximum atomic E-state index is 9.70. The van der Waals surface area contributed by atoms with Gasteiger partial charge < -0.3 is 50.0 Å². The van der Waals surface area contributed by atoms with Crippen molar-refractivity contribution >= 4 is 0 Å². The lowest BCUT2D eigenvalue weighted by Crippen LogP contribution is -2.58. The van der Waals surface area contributed by atoms with Gasteiger partial charge in [0.25, 0.3) is 0 Å². The molecule has 0 aromatic carbocycles. The van der Waals surface area contributed by atoms with Gasteiger partial charge in [0.05, 0.1) is 13.2 Å². The maximum absolute atomic E-state index is 9.70. The number of hydrogen-bond donors (Lipinski definition) is 7. The molecule has 0 amide bonds. The second-order valence-corrected chi connectivity index (χ2v) is 5.08. The third-order valence-electron chi connectivity index (χ3n) is 3.61. The summed E-state index contributed by atoms with van der Waals surface area (Å²) >= 11 is 0. The number of ether oxygens (including phenoxy) is 3. The molecule has 2 heterocycles. The zero-order valence-corrected chi connectivity index (χ0v) is 11.0. The normalized spacial score (nSPS) is 51.3. The highest BCUT2D eigenvalue weighted by Gasteiger charge is 2.46. The molecular weight excluding hydrogens is 292 g/mol. The SMILES string of the molecule is OC[C@@H]1O[C@@H](OC[C@H]2O[C@@H](O)[C@H](O)[C@@H](O)[C@@H]2O)[C@H](O)[C@H]1O. The van der Waals surface area contributed by atoms with Gasteiger partial charge in [0, 0.05) is 0 Å². The maximum Gasteiger partial charge on any atom is 0.186 e. The van der Waals surface area contributed by atoms with Gasteiger partial charge in [0.15, 0.2) is 12.6 Å². The van der Waals surface area contributed by atoms with Crippen LogP contribution in [0.15, 0.2) is 0 Å². The minimum absolute atomic E-state index is 0.380. The third-order valence-corrected chi connectivity index (χ3v) is 3.61. The van der Waals surface area contributed by atoms with Gasteiger partial charge in [0.2, 0.25) is 0 Å². The molecule has 2 aliphatic rings. The van der Waals surface area contributed by atoms with E-state index in [0.29, 0.717) is 0 Å². The monoisotopic (exact) mass is 312 g/mol. The van der Waals surface area contributed by atoms with E-state index in [1.807, 2.05) is 0 Å². The molecule has 2 rings (SSSR count). The highest BCUT2D eigenvalue weighted by Crippen LogP contribution is 2.24. The zero-order chi connectivity index (χ0) is 15.7. The molecule has 10 nitrogen and oxygen atoms in total. The van der Waals surface area contributed by atoms with Crippen LogP contribution in [0.1, 0.15) is 0 Å². The van der Waals surface area contributed by atoms with E-state index in [1.165, 1.54) is 0 Å².